The normalized spacial score (nSPS) is 24.9. The standard InChI is InChI=1S/C24H33ClN5O7P/c1-26-18-21(27-15-10-6-7-11-15)28-24(25)29-22(18)30(2)23-20(32)19(31)16(37-23)13-36-17(38(33,34)35)12-14-8-4-3-5-9-14/h3-5,8-9,15-17,19-20,23,31-32H,1,6-7,10-13H2,2H3,(H,27,28,29)(H2,33,34,35)/t16-,17?,19-,20-,23-/m1/s1. The van der Waals surface area contributed by atoms with Crippen molar-refractivity contribution in [2.75, 3.05) is 23.9 Å². The van der Waals surface area contributed by atoms with Gasteiger partial charge >= 0.3 is 7.60 Å². The van der Waals surface area contributed by atoms with Crippen LogP contribution >= 0.6 is 19.2 Å². The van der Waals surface area contributed by atoms with Gasteiger partial charge in [-0.2, -0.15) is 9.97 Å². The van der Waals surface area contributed by atoms with E-state index in [0.717, 1.165) is 25.7 Å². The molecule has 1 aromatic heterocycles. The molecule has 1 saturated heterocycles. The van der Waals surface area contributed by atoms with Gasteiger partial charge in [0.1, 0.15) is 24.0 Å². The van der Waals surface area contributed by atoms with Crippen molar-refractivity contribution in [1.82, 2.24) is 9.97 Å². The minimum Gasteiger partial charge on any atom is -0.387 e. The lowest BCUT2D eigenvalue weighted by molar-refractivity contribution is -0.0536. The van der Waals surface area contributed by atoms with Gasteiger partial charge in [0.15, 0.2) is 23.7 Å². The maximum absolute atomic E-state index is 12.1. The summed E-state index contributed by atoms with van der Waals surface area (Å²) in [5.41, 5.74) is 0.997. The summed E-state index contributed by atoms with van der Waals surface area (Å²) in [5, 5.41) is 24.8. The van der Waals surface area contributed by atoms with Crippen LogP contribution in [0.4, 0.5) is 17.3 Å². The molecule has 208 valence electrons. The molecule has 0 bridgehead atoms. The van der Waals surface area contributed by atoms with Gasteiger partial charge < -0.3 is 39.7 Å². The maximum atomic E-state index is 12.1. The number of halogens is 1. The van der Waals surface area contributed by atoms with Crippen LogP contribution in [0.3, 0.4) is 0 Å². The number of benzene rings is 1. The molecule has 1 aliphatic heterocycles. The molecule has 2 aromatic rings. The molecule has 38 heavy (non-hydrogen) atoms. The molecule has 2 aliphatic rings. The Balaban J connectivity index is 1.48. The Labute approximate surface area is 225 Å². The highest BCUT2D eigenvalue weighted by atomic mass is 35.5. The molecule has 4 rings (SSSR count). The zero-order valence-corrected chi connectivity index (χ0v) is 22.6. The molecule has 5 N–H and O–H groups in total. The zero-order chi connectivity index (χ0) is 27.4. The van der Waals surface area contributed by atoms with Crippen LogP contribution in [0.1, 0.15) is 31.2 Å². The summed E-state index contributed by atoms with van der Waals surface area (Å²) >= 11 is 6.21. The molecule has 1 aromatic carbocycles. The summed E-state index contributed by atoms with van der Waals surface area (Å²) < 4.78 is 23.5. The molecule has 2 heterocycles. The van der Waals surface area contributed by atoms with Crippen molar-refractivity contribution in [2.45, 2.75) is 68.5 Å². The molecular formula is C24H33ClN5O7P. The number of rotatable bonds is 11. The molecule has 5 atom stereocenters. The van der Waals surface area contributed by atoms with Gasteiger partial charge in [0.05, 0.1) is 6.61 Å². The second-order valence-electron chi connectivity index (χ2n) is 9.52. The fraction of sp³-hybridized carbons (Fsp3) is 0.542. The summed E-state index contributed by atoms with van der Waals surface area (Å²) in [6, 6.07) is 8.99. The second kappa shape index (κ2) is 12.4. The van der Waals surface area contributed by atoms with Crippen LogP contribution in [0.2, 0.25) is 5.28 Å². The van der Waals surface area contributed by atoms with E-state index in [-0.39, 0.29) is 30.2 Å². The van der Waals surface area contributed by atoms with Crippen molar-refractivity contribution < 1.29 is 34.0 Å². The van der Waals surface area contributed by atoms with E-state index in [2.05, 4.69) is 27.0 Å². The van der Waals surface area contributed by atoms with Gasteiger partial charge in [-0.3, -0.25) is 9.56 Å². The van der Waals surface area contributed by atoms with Crippen molar-refractivity contribution in [3.63, 3.8) is 0 Å². The topological polar surface area (TPSA) is 170 Å². The smallest absolute Gasteiger partial charge is 0.354 e. The van der Waals surface area contributed by atoms with Gasteiger partial charge in [0.2, 0.25) is 5.28 Å². The number of hydrogen-bond donors (Lipinski definition) is 5. The lowest BCUT2D eigenvalue weighted by atomic mass is 10.1. The van der Waals surface area contributed by atoms with E-state index in [4.69, 9.17) is 21.1 Å². The van der Waals surface area contributed by atoms with Gasteiger partial charge in [0, 0.05) is 19.5 Å². The average Bonchev–Trinajstić information content (AvgIpc) is 3.49. The van der Waals surface area contributed by atoms with Crippen molar-refractivity contribution in [3.8, 4) is 0 Å². The van der Waals surface area contributed by atoms with Crippen molar-refractivity contribution in [2.24, 2.45) is 4.99 Å². The van der Waals surface area contributed by atoms with Crippen LogP contribution in [0.15, 0.2) is 35.3 Å². The fourth-order valence-corrected chi connectivity index (χ4v) is 5.67. The number of likely N-dealkylation sites (N-methyl/N-ethyl adjacent to an activating group) is 1. The van der Waals surface area contributed by atoms with Gasteiger partial charge in [-0.05, 0) is 36.7 Å². The zero-order valence-electron chi connectivity index (χ0n) is 20.9. The van der Waals surface area contributed by atoms with E-state index >= 15 is 0 Å². The monoisotopic (exact) mass is 569 g/mol. The van der Waals surface area contributed by atoms with Gasteiger partial charge in [0.25, 0.3) is 0 Å². The third-order valence-electron chi connectivity index (χ3n) is 6.83. The lowest BCUT2D eigenvalue weighted by Crippen LogP contribution is -2.42. The Morgan fingerprint density at radius 3 is 2.55 bits per heavy atom. The maximum Gasteiger partial charge on any atom is 0.354 e. The van der Waals surface area contributed by atoms with Crippen molar-refractivity contribution in [3.05, 3.63) is 41.2 Å². The average molecular weight is 570 g/mol. The number of aliphatic imine (C=N–C) groups is 1. The molecule has 0 radical (unpaired) electrons. The third-order valence-corrected chi connectivity index (χ3v) is 8.08. The van der Waals surface area contributed by atoms with Crippen molar-refractivity contribution >= 4 is 43.2 Å². The summed E-state index contributed by atoms with van der Waals surface area (Å²) in [4.78, 5) is 33.7. The first-order valence-electron chi connectivity index (χ1n) is 12.3. The number of aromatic nitrogens is 2. The fourth-order valence-electron chi connectivity index (χ4n) is 4.78. The highest BCUT2D eigenvalue weighted by molar-refractivity contribution is 7.52. The van der Waals surface area contributed by atoms with Gasteiger partial charge in [-0.1, -0.05) is 43.2 Å². The Hall–Kier alpha value is -2.15. The van der Waals surface area contributed by atoms with E-state index in [1.165, 1.54) is 4.90 Å². The predicted octanol–water partition coefficient (Wildman–Crippen LogP) is 2.46. The Morgan fingerprint density at radius 1 is 1.24 bits per heavy atom. The Morgan fingerprint density at radius 2 is 1.92 bits per heavy atom. The molecule has 0 amide bonds. The SMILES string of the molecule is C=Nc1c(NC2CCCC2)nc(Cl)nc1N(C)[C@@H]1O[C@H](COC(Cc2ccccc2)P(=O)(O)O)[C@@H](O)[C@H]1O. The predicted molar refractivity (Wildman–Crippen MR) is 143 cm³/mol. The number of nitrogens with zero attached hydrogens (tertiary/aromatic N) is 4. The molecule has 1 aliphatic carbocycles. The highest BCUT2D eigenvalue weighted by Crippen LogP contribution is 2.44. The highest BCUT2D eigenvalue weighted by Gasteiger charge is 2.46. The number of hydrogen-bond acceptors (Lipinski definition) is 10. The molecule has 1 saturated carbocycles. The molecule has 14 heteroatoms. The second-order valence-corrected chi connectivity index (χ2v) is 11.6. The minimum absolute atomic E-state index is 0.0373. The molecule has 12 nitrogen and oxygen atoms in total. The van der Waals surface area contributed by atoms with Gasteiger partial charge in [-0.25, -0.2) is 0 Å². The largest absolute Gasteiger partial charge is 0.387 e. The number of anilines is 2. The van der Waals surface area contributed by atoms with Crippen molar-refractivity contribution in [1.29, 1.82) is 0 Å². The summed E-state index contributed by atoms with van der Waals surface area (Å²) in [7, 11) is -3.05. The molecular weight excluding hydrogens is 537 g/mol. The van der Waals surface area contributed by atoms with Crippen LogP contribution in [0.5, 0.6) is 0 Å². The van der Waals surface area contributed by atoms with E-state index < -0.39 is 38.0 Å². The first-order chi connectivity index (χ1) is 18.1. The van der Waals surface area contributed by atoms with Crippen LogP contribution in [-0.2, 0) is 20.5 Å². The number of aliphatic hydroxyl groups excluding tert-OH is 2. The molecule has 1 unspecified atom stereocenters. The Bertz CT molecular complexity index is 1150. The van der Waals surface area contributed by atoms with Crippen LogP contribution in [0, 0.1) is 0 Å². The van der Waals surface area contributed by atoms with E-state index in [1.54, 1.807) is 37.4 Å². The van der Waals surface area contributed by atoms with E-state index in [1.807, 2.05) is 0 Å². The molecule has 0 spiro atoms. The summed E-state index contributed by atoms with van der Waals surface area (Å²) in [5.74, 6) is -0.807. The first kappa shape index (κ1) is 28.8. The number of aliphatic hydroxyl groups is 2. The van der Waals surface area contributed by atoms with Crippen LogP contribution in [-0.4, -0.2) is 86.8 Å². The van der Waals surface area contributed by atoms with Gasteiger partial charge in [-0.15, -0.1) is 0 Å². The quantitative estimate of drug-likeness (QED) is 0.153. The first-order valence-corrected chi connectivity index (χ1v) is 14.4. The van der Waals surface area contributed by atoms with E-state index in [9.17, 15) is 24.6 Å². The summed E-state index contributed by atoms with van der Waals surface area (Å²) in [6.07, 6.45) is -0.801. The Kier molecular flexibility index (Phi) is 9.38. The third kappa shape index (κ3) is 6.70. The number of ether oxygens (including phenoxy) is 2. The van der Waals surface area contributed by atoms with Crippen LogP contribution in [0.25, 0.3) is 0 Å². The minimum atomic E-state index is -4.64. The number of nitrogens with one attached hydrogen (secondary N) is 1. The molecule has 2 fully saturated rings. The lowest BCUT2D eigenvalue weighted by Gasteiger charge is -2.29. The van der Waals surface area contributed by atoms with Crippen LogP contribution < -0.4 is 10.2 Å². The summed E-state index contributed by atoms with van der Waals surface area (Å²) in [6.45, 7) is 3.27. The van der Waals surface area contributed by atoms with E-state index in [0.29, 0.717) is 17.1 Å².